The molecule has 23 heavy (non-hydrogen) atoms. The van der Waals surface area contributed by atoms with E-state index in [1.165, 1.54) is 17.6 Å². The molecule has 0 fully saturated rings. The van der Waals surface area contributed by atoms with Crippen LogP contribution >= 0.6 is 0 Å². The minimum Gasteiger partial charge on any atom is -0.370 e. The van der Waals surface area contributed by atoms with Gasteiger partial charge in [-0.15, -0.1) is 0 Å². The van der Waals surface area contributed by atoms with Gasteiger partial charge in [0.2, 0.25) is 10.0 Å². The summed E-state index contributed by atoms with van der Waals surface area (Å²) in [5.74, 6) is -0.945. The summed E-state index contributed by atoms with van der Waals surface area (Å²) in [4.78, 5) is 15.4. The number of aryl methyl sites for hydroxylation is 1. The lowest BCUT2D eigenvalue weighted by atomic mass is 10.1. The topological polar surface area (TPSA) is 160 Å². The molecule has 0 saturated heterocycles. The lowest BCUT2D eigenvalue weighted by Crippen LogP contribution is -2.45. The average molecular weight is 343 g/mol. The third kappa shape index (κ3) is 6.22. The highest BCUT2D eigenvalue weighted by molar-refractivity contribution is 7.89. The number of hydroxylamine groups is 1. The first kappa shape index (κ1) is 18.9. The molecular weight excluding hydrogens is 322 g/mol. The SMILES string of the molecule is Cc1cccc(S(=O)(=O)NC(CCCN=C(N)N)C(=O)NO)c1. The van der Waals surface area contributed by atoms with Gasteiger partial charge < -0.3 is 11.5 Å². The van der Waals surface area contributed by atoms with Gasteiger partial charge >= 0.3 is 0 Å². The molecule has 0 bridgehead atoms. The van der Waals surface area contributed by atoms with Gasteiger partial charge in [-0.25, -0.2) is 13.9 Å². The molecule has 9 nitrogen and oxygen atoms in total. The Bertz CT molecular complexity index is 671. The second kappa shape index (κ2) is 8.46. The van der Waals surface area contributed by atoms with E-state index in [0.29, 0.717) is 6.42 Å². The van der Waals surface area contributed by atoms with Crippen LogP contribution in [-0.4, -0.2) is 38.1 Å². The van der Waals surface area contributed by atoms with Gasteiger partial charge in [0.25, 0.3) is 5.91 Å². The van der Waals surface area contributed by atoms with E-state index in [1.54, 1.807) is 19.1 Å². The van der Waals surface area contributed by atoms with Crippen LogP contribution < -0.4 is 21.7 Å². The van der Waals surface area contributed by atoms with Crippen LogP contribution in [0.4, 0.5) is 0 Å². The second-order valence-corrected chi connectivity index (χ2v) is 6.63. The fourth-order valence-electron chi connectivity index (χ4n) is 1.86. The molecule has 0 aliphatic carbocycles. The molecule has 0 spiro atoms. The van der Waals surface area contributed by atoms with Crippen LogP contribution in [0, 0.1) is 6.92 Å². The standard InChI is InChI=1S/C13H21N5O4S/c1-9-4-2-5-10(8-9)23(21,22)18-11(12(19)17-20)6-3-7-16-13(14)15/h2,4-5,8,11,18,20H,3,6-7H2,1H3,(H,17,19)(H4,14,15,16). The van der Waals surface area contributed by atoms with Gasteiger partial charge in [-0.2, -0.15) is 4.72 Å². The Kier molecular flexibility index (Phi) is 6.94. The van der Waals surface area contributed by atoms with Crippen molar-refractivity contribution in [1.29, 1.82) is 0 Å². The smallest absolute Gasteiger partial charge is 0.261 e. The maximum atomic E-state index is 12.3. The van der Waals surface area contributed by atoms with Crippen LogP contribution in [0.3, 0.4) is 0 Å². The van der Waals surface area contributed by atoms with Gasteiger partial charge in [-0.05, 0) is 37.5 Å². The van der Waals surface area contributed by atoms with Crippen molar-refractivity contribution in [2.24, 2.45) is 16.5 Å². The van der Waals surface area contributed by atoms with E-state index in [2.05, 4.69) is 9.71 Å². The Morgan fingerprint density at radius 3 is 2.65 bits per heavy atom. The summed E-state index contributed by atoms with van der Waals surface area (Å²) in [6.45, 7) is 2.00. The summed E-state index contributed by atoms with van der Waals surface area (Å²) in [7, 11) is -3.90. The summed E-state index contributed by atoms with van der Waals surface area (Å²) < 4.78 is 26.9. The number of hydrogen-bond donors (Lipinski definition) is 5. The fraction of sp³-hybridized carbons (Fsp3) is 0.385. The van der Waals surface area contributed by atoms with E-state index >= 15 is 0 Å². The average Bonchev–Trinajstić information content (AvgIpc) is 2.49. The summed E-state index contributed by atoms with van der Waals surface area (Å²) >= 11 is 0. The van der Waals surface area contributed by atoms with Gasteiger partial charge in [0.05, 0.1) is 4.90 Å². The first-order valence-corrected chi connectivity index (χ1v) is 8.33. The number of nitrogens with one attached hydrogen (secondary N) is 2. The van der Waals surface area contributed by atoms with E-state index in [4.69, 9.17) is 16.7 Å². The minimum absolute atomic E-state index is 0.0393. The molecular formula is C13H21N5O4S. The molecule has 1 aromatic rings. The van der Waals surface area contributed by atoms with Crippen molar-refractivity contribution in [2.45, 2.75) is 30.7 Å². The van der Waals surface area contributed by atoms with Crippen LogP contribution in [-0.2, 0) is 14.8 Å². The van der Waals surface area contributed by atoms with Gasteiger partial charge in [0.1, 0.15) is 6.04 Å². The van der Waals surface area contributed by atoms with Crippen molar-refractivity contribution in [2.75, 3.05) is 6.54 Å². The Morgan fingerprint density at radius 2 is 2.09 bits per heavy atom. The Labute approximate surface area is 134 Å². The van der Waals surface area contributed by atoms with Crippen LogP contribution in [0.15, 0.2) is 34.2 Å². The Morgan fingerprint density at radius 1 is 1.39 bits per heavy atom. The Balaban J connectivity index is 2.83. The maximum absolute atomic E-state index is 12.3. The molecule has 1 aromatic carbocycles. The number of benzene rings is 1. The van der Waals surface area contributed by atoms with Crippen LogP contribution in [0.25, 0.3) is 0 Å². The van der Waals surface area contributed by atoms with E-state index in [9.17, 15) is 13.2 Å². The highest BCUT2D eigenvalue weighted by Crippen LogP contribution is 2.12. The third-order valence-corrected chi connectivity index (χ3v) is 4.44. The van der Waals surface area contributed by atoms with Gasteiger partial charge in [0, 0.05) is 6.54 Å². The van der Waals surface area contributed by atoms with Crippen LogP contribution in [0.5, 0.6) is 0 Å². The first-order chi connectivity index (χ1) is 10.8. The number of sulfonamides is 1. The lowest BCUT2D eigenvalue weighted by Gasteiger charge is -2.16. The fourth-order valence-corrected chi connectivity index (χ4v) is 3.20. The zero-order chi connectivity index (χ0) is 17.5. The molecule has 128 valence electrons. The summed E-state index contributed by atoms with van der Waals surface area (Å²) in [5.41, 5.74) is 12.6. The van der Waals surface area contributed by atoms with Crippen molar-refractivity contribution in [3.05, 3.63) is 29.8 Å². The molecule has 0 aliphatic heterocycles. The molecule has 1 atom stereocenters. The van der Waals surface area contributed by atoms with Crippen molar-refractivity contribution in [3.8, 4) is 0 Å². The quantitative estimate of drug-likeness (QED) is 0.137. The van der Waals surface area contributed by atoms with Gasteiger partial charge in [-0.1, -0.05) is 12.1 Å². The number of rotatable bonds is 8. The monoisotopic (exact) mass is 343 g/mol. The number of amides is 1. The van der Waals surface area contributed by atoms with E-state index < -0.39 is 22.0 Å². The molecule has 0 saturated carbocycles. The third-order valence-electron chi connectivity index (χ3n) is 2.97. The minimum atomic E-state index is -3.90. The number of nitrogens with zero attached hydrogens (tertiary/aromatic N) is 1. The van der Waals surface area contributed by atoms with Gasteiger partial charge in [0.15, 0.2) is 5.96 Å². The summed E-state index contributed by atoms with van der Waals surface area (Å²) in [6.07, 6.45) is 0.473. The number of aliphatic imine (C=N–C) groups is 1. The highest BCUT2D eigenvalue weighted by Gasteiger charge is 2.25. The van der Waals surface area contributed by atoms with Crippen molar-refractivity contribution in [1.82, 2.24) is 10.2 Å². The van der Waals surface area contributed by atoms with E-state index in [0.717, 1.165) is 5.56 Å². The first-order valence-electron chi connectivity index (χ1n) is 6.84. The van der Waals surface area contributed by atoms with E-state index in [-0.39, 0.29) is 23.8 Å². The normalized spacial score (nSPS) is 12.4. The van der Waals surface area contributed by atoms with Crippen molar-refractivity contribution in [3.63, 3.8) is 0 Å². The summed E-state index contributed by atoms with van der Waals surface area (Å²) in [6, 6.07) is 5.12. The molecule has 1 unspecified atom stereocenters. The number of carbonyl (C=O) groups excluding carboxylic acids is 1. The van der Waals surface area contributed by atoms with Crippen molar-refractivity contribution < 1.29 is 18.4 Å². The number of nitrogens with two attached hydrogens (primary N) is 2. The maximum Gasteiger partial charge on any atom is 0.261 e. The molecule has 0 radical (unpaired) electrons. The van der Waals surface area contributed by atoms with E-state index in [1.807, 2.05) is 0 Å². The predicted molar refractivity (Wildman–Crippen MR) is 85.1 cm³/mol. The van der Waals surface area contributed by atoms with Crippen LogP contribution in [0.2, 0.25) is 0 Å². The second-order valence-electron chi connectivity index (χ2n) is 4.92. The molecule has 0 aromatic heterocycles. The Hall–Kier alpha value is -2.17. The molecule has 0 aliphatic rings. The molecule has 0 heterocycles. The number of guanidine groups is 1. The largest absolute Gasteiger partial charge is 0.370 e. The molecule has 1 amide bonds. The predicted octanol–water partition coefficient (Wildman–Crippen LogP) is -0.799. The zero-order valence-corrected chi connectivity index (χ0v) is 13.5. The number of carbonyl (C=O) groups is 1. The molecule has 7 N–H and O–H groups in total. The summed E-state index contributed by atoms with van der Waals surface area (Å²) in [5, 5.41) is 8.76. The number of hydrogen-bond acceptors (Lipinski definition) is 5. The lowest BCUT2D eigenvalue weighted by molar-refractivity contribution is -0.131. The van der Waals surface area contributed by atoms with Gasteiger partial charge in [-0.3, -0.25) is 15.0 Å². The van der Waals surface area contributed by atoms with Crippen LogP contribution in [0.1, 0.15) is 18.4 Å². The molecule has 1 rings (SSSR count). The zero-order valence-electron chi connectivity index (χ0n) is 12.7. The highest BCUT2D eigenvalue weighted by atomic mass is 32.2. The molecule has 10 heteroatoms. The van der Waals surface area contributed by atoms with Crippen molar-refractivity contribution >= 4 is 21.9 Å².